The van der Waals surface area contributed by atoms with Gasteiger partial charge in [0.25, 0.3) is 0 Å². The summed E-state index contributed by atoms with van der Waals surface area (Å²) in [6, 6.07) is 0. The topological polar surface area (TPSA) is 3.24 Å². The van der Waals surface area contributed by atoms with Crippen molar-refractivity contribution in [1.29, 1.82) is 0 Å². The second-order valence-corrected chi connectivity index (χ2v) is 3.61. The molecule has 1 aliphatic heterocycles. The Morgan fingerprint density at radius 3 is 2.25 bits per heavy atom. The Bertz CT molecular complexity index is 89.8. The molecule has 1 fully saturated rings. The van der Waals surface area contributed by atoms with Crippen molar-refractivity contribution < 1.29 is 0 Å². The van der Waals surface area contributed by atoms with E-state index in [1.807, 2.05) is 0 Å². The summed E-state index contributed by atoms with van der Waals surface area (Å²) in [7, 11) is 0. The lowest BCUT2D eigenvalue weighted by molar-refractivity contribution is 0.328. The van der Waals surface area contributed by atoms with Crippen molar-refractivity contribution in [3.05, 3.63) is 0 Å². The van der Waals surface area contributed by atoms with Crippen LogP contribution in [0.1, 0.15) is 45.4 Å². The predicted octanol–water partition coefficient (Wildman–Crippen LogP) is 3.24. The Morgan fingerprint density at radius 2 is 1.67 bits per heavy atom. The Kier molecular flexibility index (Phi) is 8.35. The molecule has 2 heteroatoms. The minimum Gasteiger partial charge on any atom is -0.303 e. The zero-order valence-corrected chi connectivity index (χ0v) is 9.93. The molecule has 1 nitrogen and oxygen atoms in total. The fraction of sp³-hybridized carbons (Fsp3) is 1.00. The number of nitrogens with zero attached hydrogens (tertiary/aromatic N) is 1. The third-order valence-corrected chi connectivity index (χ3v) is 2.53. The van der Waals surface area contributed by atoms with Crippen molar-refractivity contribution in [2.75, 3.05) is 19.6 Å². The van der Waals surface area contributed by atoms with Gasteiger partial charge >= 0.3 is 0 Å². The van der Waals surface area contributed by atoms with E-state index in [1.54, 1.807) is 0 Å². The van der Waals surface area contributed by atoms with Gasteiger partial charge in [0.05, 0.1) is 0 Å². The van der Waals surface area contributed by atoms with E-state index in [9.17, 15) is 0 Å². The molecule has 1 heterocycles. The molecule has 0 N–H and O–H groups in total. The van der Waals surface area contributed by atoms with Gasteiger partial charge in [-0.2, -0.15) is 0 Å². The highest BCUT2D eigenvalue weighted by atomic mass is 79.9. The summed E-state index contributed by atoms with van der Waals surface area (Å²) in [6.07, 6.45) is 8.52. The van der Waals surface area contributed by atoms with E-state index in [-0.39, 0.29) is 17.0 Å². The van der Waals surface area contributed by atoms with Crippen LogP contribution in [0.3, 0.4) is 0 Å². The maximum atomic E-state index is 2.61. The highest BCUT2D eigenvalue weighted by Crippen LogP contribution is 2.09. The molecule has 0 amide bonds. The van der Waals surface area contributed by atoms with E-state index < -0.39 is 0 Å². The molecule has 12 heavy (non-hydrogen) atoms. The molecule has 0 aromatic rings. The monoisotopic (exact) mass is 235 g/mol. The average molecular weight is 236 g/mol. The van der Waals surface area contributed by atoms with Crippen molar-refractivity contribution in [2.24, 2.45) is 0 Å². The number of likely N-dealkylation sites (tertiary alicyclic amines) is 1. The molecule has 0 saturated carbocycles. The fourth-order valence-corrected chi connectivity index (χ4v) is 1.77. The molecule has 0 unspecified atom stereocenters. The van der Waals surface area contributed by atoms with Gasteiger partial charge in [0.2, 0.25) is 0 Å². The van der Waals surface area contributed by atoms with E-state index in [0.29, 0.717) is 0 Å². The molecule has 0 aromatic carbocycles. The molecule has 74 valence electrons. The lowest BCUT2D eigenvalue weighted by atomic mass is 10.2. The van der Waals surface area contributed by atoms with E-state index in [2.05, 4.69) is 11.8 Å². The standard InChI is InChI=1S/C10H21N.BrH/c1-2-3-4-5-8-11-9-6-7-10-11;/h2-10H2,1H3;1H. The van der Waals surface area contributed by atoms with Gasteiger partial charge in [-0.1, -0.05) is 26.2 Å². The van der Waals surface area contributed by atoms with Crippen LogP contribution < -0.4 is 0 Å². The summed E-state index contributed by atoms with van der Waals surface area (Å²) in [5, 5.41) is 0. The molecule has 0 aromatic heterocycles. The van der Waals surface area contributed by atoms with Crippen molar-refractivity contribution in [1.82, 2.24) is 4.90 Å². The van der Waals surface area contributed by atoms with Crippen LogP contribution in [0, 0.1) is 0 Å². The number of halogens is 1. The lowest BCUT2D eigenvalue weighted by Gasteiger charge is -2.13. The zero-order valence-electron chi connectivity index (χ0n) is 8.22. The summed E-state index contributed by atoms with van der Waals surface area (Å²) in [5.74, 6) is 0. The van der Waals surface area contributed by atoms with Gasteiger partial charge in [-0.05, 0) is 38.9 Å². The van der Waals surface area contributed by atoms with Crippen molar-refractivity contribution in [3.8, 4) is 0 Å². The SMILES string of the molecule is Br.CCCCCCN1CCCC1. The van der Waals surface area contributed by atoms with Gasteiger partial charge in [-0.3, -0.25) is 0 Å². The van der Waals surface area contributed by atoms with Crippen LogP contribution in [0.5, 0.6) is 0 Å². The number of rotatable bonds is 5. The highest BCUT2D eigenvalue weighted by molar-refractivity contribution is 8.93. The second kappa shape index (κ2) is 8.06. The molecule has 1 saturated heterocycles. The van der Waals surface area contributed by atoms with Crippen LogP contribution in [0.15, 0.2) is 0 Å². The number of hydrogen-bond acceptors (Lipinski definition) is 1. The summed E-state index contributed by atoms with van der Waals surface area (Å²) < 4.78 is 0. The zero-order chi connectivity index (χ0) is 7.94. The van der Waals surface area contributed by atoms with Crippen LogP contribution in [-0.2, 0) is 0 Å². The minimum atomic E-state index is 0. The normalized spacial score (nSPS) is 17.8. The Labute approximate surface area is 87.3 Å². The second-order valence-electron chi connectivity index (χ2n) is 3.61. The van der Waals surface area contributed by atoms with Crippen molar-refractivity contribution in [3.63, 3.8) is 0 Å². The van der Waals surface area contributed by atoms with Gasteiger partial charge < -0.3 is 4.90 Å². The van der Waals surface area contributed by atoms with Crippen LogP contribution in [0.25, 0.3) is 0 Å². The first kappa shape index (κ1) is 12.4. The maximum absolute atomic E-state index is 2.61. The first-order chi connectivity index (χ1) is 5.43. The molecule has 0 spiro atoms. The van der Waals surface area contributed by atoms with Crippen molar-refractivity contribution in [2.45, 2.75) is 45.4 Å². The van der Waals surface area contributed by atoms with Gasteiger partial charge in [-0.15, -0.1) is 17.0 Å². The molecule has 1 aliphatic rings. The summed E-state index contributed by atoms with van der Waals surface area (Å²) in [5.41, 5.74) is 0. The Morgan fingerprint density at radius 1 is 1.00 bits per heavy atom. The van der Waals surface area contributed by atoms with E-state index in [1.165, 1.54) is 58.2 Å². The third-order valence-electron chi connectivity index (χ3n) is 2.53. The predicted molar refractivity (Wildman–Crippen MR) is 60.1 cm³/mol. The molecule has 0 radical (unpaired) electrons. The van der Waals surface area contributed by atoms with E-state index >= 15 is 0 Å². The highest BCUT2D eigenvalue weighted by Gasteiger charge is 2.09. The van der Waals surface area contributed by atoms with Gasteiger partial charge in [0, 0.05) is 0 Å². The first-order valence-electron chi connectivity index (χ1n) is 5.16. The molecule has 1 rings (SSSR count). The van der Waals surface area contributed by atoms with E-state index in [4.69, 9.17) is 0 Å². The van der Waals surface area contributed by atoms with Crippen LogP contribution >= 0.6 is 17.0 Å². The quantitative estimate of drug-likeness (QED) is 0.662. The van der Waals surface area contributed by atoms with Gasteiger partial charge in [0.15, 0.2) is 0 Å². The largest absolute Gasteiger partial charge is 0.303 e. The van der Waals surface area contributed by atoms with Crippen molar-refractivity contribution >= 4 is 17.0 Å². The molecular formula is C10H22BrN. The molecule has 0 bridgehead atoms. The van der Waals surface area contributed by atoms with Gasteiger partial charge in [-0.25, -0.2) is 0 Å². The summed E-state index contributed by atoms with van der Waals surface area (Å²) >= 11 is 0. The fourth-order valence-electron chi connectivity index (χ4n) is 1.77. The Balaban J connectivity index is 0.00000121. The molecule has 0 atom stereocenters. The smallest absolute Gasteiger partial charge is 0.00183 e. The van der Waals surface area contributed by atoms with E-state index in [0.717, 1.165) is 0 Å². The average Bonchev–Trinajstić information content (AvgIpc) is 2.50. The lowest BCUT2D eigenvalue weighted by Crippen LogP contribution is -2.20. The van der Waals surface area contributed by atoms with Crippen LogP contribution in [0.4, 0.5) is 0 Å². The summed E-state index contributed by atoms with van der Waals surface area (Å²) in [4.78, 5) is 2.61. The van der Waals surface area contributed by atoms with Crippen LogP contribution in [0.2, 0.25) is 0 Å². The minimum absolute atomic E-state index is 0. The Hall–Kier alpha value is 0.440. The number of unbranched alkanes of at least 4 members (excludes halogenated alkanes) is 3. The van der Waals surface area contributed by atoms with Gasteiger partial charge in [0.1, 0.15) is 0 Å². The third kappa shape index (κ3) is 5.15. The number of hydrogen-bond donors (Lipinski definition) is 0. The van der Waals surface area contributed by atoms with Crippen LogP contribution in [-0.4, -0.2) is 24.5 Å². The molecular weight excluding hydrogens is 214 g/mol. The molecule has 0 aliphatic carbocycles. The first-order valence-corrected chi connectivity index (χ1v) is 5.16. The summed E-state index contributed by atoms with van der Waals surface area (Å²) in [6.45, 7) is 6.37. The maximum Gasteiger partial charge on any atom is -0.00183 e.